The van der Waals surface area contributed by atoms with Crippen molar-refractivity contribution in [3.63, 3.8) is 0 Å². The van der Waals surface area contributed by atoms with Gasteiger partial charge in [-0.05, 0) is 26.0 Å². The third-order valence-electron chi connectivity index (χ3n) is 2.77. The van der Waals surface area contributed by atoms with Gasteiger partial charge in [-0.25, -0.2) is 0 Å². The van der Waals surface area contributed by atoms with Crippen LogP contribution in [0.15, 0.2) is 18.2 Å². The molecule has 80 valence electrons. The number of para-hydroxylation sites is 1. The first kappa shape index (κ1) is 9.83. The van der Waals surface area contributed by atoms with E-state index >= 15 is 0 Å². The standard InChI is InChI=1S/C11H14N2O2/c1-3-13-7(2)11(15)12-10-8(13)5-4-6-9(10)14/h4-7,14H,3H2,1-2H3,(H,12,15). The van der Waals surface area contributed by atoms with Crippen molar-refractivity contribution >= 4 is 17.3 Å². The molecule has 0 spiro atoms. The summed E-state index contributed by atoms with van der Waals surface area (Å²) >= 11 is 0. The molecule has 1 heterocycles. The number of likely N-dealkylation sites (N-methyl/N-ethyl adjacent to an activating group) is 1. The zero-order valence-electron chi connectivity index (χ0n) is 8.82. The summed E-state index contributed by atoms with van der Waals surface area (Å²) in [6.07, 6.45) is 0. The van der Waals surface area contributed by atoms with Crippen molar-refractivity contribution in [1.82, 2.24) is 0 Å². The number of aromatic hydroxyl groups is 1. The van der Waals surface area contributed by atoms with Gasteiger partial charge in [0.25, 0.3) is 0 Å². The van der Waals surface area contributed by atoms with E-state index in [1.165, 1.54) is 0 Å². The van der Waals surface area contributed by atoms with Crippen LogP contribution >= 0.6 is 0 Å². The van der Waals surface area contributed by atoms with E-state index in [0.29, 0.717) is 5.69 Å². The number of hydrogen-bond donors (Lipinski definition) is 2. The number of carbonyl (C=O) groups is 1. The lowest BCUT2D eigenvalue weighted by Gasteiger charge is -2.35. The Kier molecular flexibility index (Phi) is 2.26. The number of carbonyl (C=O) groups excluding carboxylic acids is 1. The quantitative estimate of drug-likeness (QED) is 0.685. The highest BCUT2D eigenvalue weighted by Gasteiger charge is 2.29. The van der Waals surface area contributed by atoms with Crippen LogP contribution in [-0.2, 0) is 4.79 Å². The van der Waals surface area contributed by atoms with Crippen molar-refractivity contribution in [1.29, 1.82) is 0 Å². The maximum atomic E-state index is 11.6. The number of hydrogen-bond acceptors (Lipinski definition) is 3. The third-order valence-corrected chi connectivity index (χ3v) is 2.77. The highest BCUT2D eigenvalue weighted by atomic mass is 16.3. The van der Waals surface area contributed by atoms with Crippen LogP contribution in [0.3, 0.4) is 0 Å². The average molecular weight is 206 g/mol. The van der Waals surface area contributed by atoms with E-state index in [0.717, 1.165) is 12.2 Å². The van der Waals surface area contributed by atoms with E-state index in [1.807, 2.05) is 24.8 Å². The predicted octanol–water partition coefficient (Wildman–Crippen LogP) is 1.56. The smallest absolute Gasteiger partial charge is 0.246 e. The number of benzene rings is 1. The highest BCUT2D eigenvalue weighted by Crippen LogP contribution is 2.38. The molecule has 0 fully saturated rings. The molecule has 15 heavy (non-hydrogen) atoms. The Labute approximate surface area is 88.5 Å². The first-order valence-corrected chi connectivity index (χ1v) is 5.04. The van der Waals surface area contributed by atoms with Crippen molar-refractivity contribution < 1.29 is 9.90 Å². The zero-order valence-corrected chi connectivity index (χ0v) is 8.82. The van der Waals surface area contributed by atoms with Crippen molar-refractivity contribution in [3.05, 3.63) is 18.2 Å². The molecule has 0 radical (unpaired) electrons. The van der Waals surface area contributed by atoms with Gasteiger partial charge < -0.3 is 15.3 Å². The second-order valence-corrected chi connectivity index (χ2v) is 3.62. The number of phenolic OH excluding ortho intramolecular Hbond substituents is 1. The molecule has 0 bridgehead atoms. The summed E-state index contributed by atoms with van der Waals surface area (Å²) in [5, 5.41) is 12.3. The number of anilines is 2. The maximum Gasteiger partial charge on any atom is 0.246 e. The Bertz CT molecular complexity index is 404. The molecule has 1 aromatic carbocycles. The SMILES string of the molecule is CCN1c2cccc(O)c2NC(=O)C1C. The van der Waals surface area contributed by atoms with Crippen molar-refractivity contribution in [3.8, 4) is 5.75 Å². The molecule has 1 amide bonds. The number of nitrogens with one attached hydrogen (secondary N) is 1. The Morgan fingerprint density at radius 3 is 2.93 bits per heavy atom. The second kappa shape index (κ2) is 3.46. The summed E-state index contributed by atoms with van der Waals surface area (Å²) in [4.78, 5) is 13.6. The highest BCUT2D eigenvalue weighted by molar-refractivity contribution is 6.04. The van der Waals surface area contributed by atoms with Gasteiger partial charge in [-0.15, -0.1) is 0 Å². The summed E-state index contributed by atoms with van der Waals surface area (Å²) in [5.74, 6) is 0.0389. The first-order chi connectivity index (χ1) is 7.15. The van der Waals surface area contributed by atoms with E-state index in [4.69, 9.17) is 0 Å². The lowest BCUT2D eigenvalue weighted by molar-refractivity contribution is -0.117. The maximum absolute atomic E-state index is 11.6. The van der Waals surface area contributed by atoms with Gasteiger partial charge in [0.1, 0.15) is 17.5 Å². The van der Waals surface area contributed by atoms with Crippen LogP contribution in [0.1, 0.15) is 13.8 Å². The molecule has 0 saturated heterocycles. The lowest BCUT2D eigenvalue weighted by atomic mass is 10.1. The number of amides is 1. The van der Waals surface area contributed by atoms with Gasteiger partial charge in [0.05, 0.1) is 5.69 Å². The van der Waals surface area contributed by atoms with E-state index < -0.39 is 0 Å². The number of rotatable bonds is 1. The van der Waals surface area contributed by atoms with E-state index in [-0.39, 0.29) is 17.7 Å². The van der Waals surface area contributed by atoms with Crippen molar-refractivity contribution in [2.45, 2.75) is 19.9 Å². The van der Waals surface area contributed by atoms with E-state index in [2.05, 4.69) is 5.32 Å². The molecule has 2 rings (SSSR count). The lowest BCUT2D eigenvalue weighted by Crippen LogP contribution is -2.46. The Balaban J connectivity index is 2.54. The molecule has 4 heteroatoms. The zero-order chi connectivity index (χ0) is 11.0. The molecule has 0 aromatic heterocycles. The molecule has 2 N–H and O–H groups in total. The van der Waals surface area contributed by atoms with Crippen LogP contribution in [0.2, 0.25) is 0 Å². The second-order valence-electron chi connectivity index (χ2n) is 3.62. The predicted molar refractivity (Wildman–Crippen MR) is 59.2 cm³/mol. The Morgan fingerprint density at radius 2 is 2.27 bits per heavy atom. The van der Waals surface area contributed by atoms with Gasteiger partial charge in [-0.3, -0.25) is 4.79 Å². The van der Waals surface area contributed by atoms with Crippen LogP contribution < -0.4 is 10.2 Å². The summed E-state index contributed by atoms with van der Waals surface area (Å²) < 4.78 is 0. The topological polar surface area (TPSA) is 52.6 Å². The summed E-state index contributed by atoms with van der Waals surface area (Å²) in [5.41, 5.74) is 1.40. The number of phenols is 1. The molecule has 4 nitrogen and oxygen atoms in total. The van der Waals surface area contributed by atoms with Crippen LogP contribution in [0.5, 0.6) is 5.75 Å². The van der Waals surface area contributed by atoms with Gasteiger partial charge in [0.15, 0.2) is 0 Å². The average Bonchev–Trinajstić information content (AvgIpc) is 2.22. The van der Waals surface area contributed by atoms with Crippen LogP contribution in [-0.4, -0.2) is 23.6 Å². The number of fused-ring (bicyclic) bond motifs is 1. The molecular weight excluding hydrogens is 192 g/mol. The third kappa shape index (κ3) is 1.42. The molecular formula is C11H14N2O2. The normalized spacial score (nSPS) is 19.7. The summed E-state index contributed by atoms with van der Waals surface area (Å²) in [6, 6.07) is 5.06. The van der Waals surface area contributed by atoms with Crippen molar-refractivity contribution in [2.24, 2.45) is 0 Å². The van der Waals surface area contributed by atoms with Crippen LogP contribution in [0.4, 0.5) is 11.4 Å². The van der Waals surface area contributed by atoms with E-state index in [9.17, 15) is 9.90 Å². The fraction of sp³-hybridized carbons (Fsp3) is 0.364. The monoisotopic (exact) mass is 206 g/mol. The number of nitrogens with zero attached hydrogens (tertiary/aromatic N) is 1. The molecule has 1 aliphatic rings. The first-order valence-electron chi connectivity index (χ1n) is 5.04. The van der Waals surface area contributed by atoms with Gasteiger partial charge in [0.2, 0.25) is 5.91 Å². The largest absolute Gasteiger partial charge is 0.506 e. The minimum absolute atomic E-state index is 0.0779. The minimum atomic E-state index is -0.190. The molecule has 1 unspecified atom stereocenters. The molecule has 0 aliphatic carbocycles. The van der Waals surface area contributed by atoms with Crippen LogP contribution in [0.25, 0.3) is 0 Å². The molecule has 1 atom stereocenters. The summed E-state index contributed by atoms with van der Waals surface area (Å²) in [6.45, 7) is 4.58. The molecule has 1 aliphatic heterocycles. The van der Waals surface area contributed by atoms with Gasteiger partial charge in [-0.2, -0.15) is 0 Å². The van der Waals surface area contributed by atoms with Gasteiger partial charge in [-0.1, -0.05) is 6.07 Å². The Morgan fingerprint density at radius 1 is 1.53 bits per heavy atom. The van der Waals surface area contributed by atoms with Gasteiger partial charge in [0, 0.05) is 6.54 Å². The van der Waals surface area contributed by atoms with Crippen molar-refractivity contribution in [2.75, 3.05) is 16.8 Å². The fourth-order valence-corrected chi connectivity index (χ4v) is 1.92. The van der Waals surface area contributed by atoms with Gasteiger partial charge >= 0.3 is 0 Å². The summed E-state index contributed by atoms with van der Waals surface area (Å²) in [7, 11) is 0. The Hall–Kier alpha value is -1.71. The van der Waals surface area contributed by atoms with E-state index in [1.54, 1.807) is 12.1 Å². The van der Waals surface area contributed by atoms with Crippen LogP contribution in [0, 0.1) is 0 Å². The minimum Gasteiger partial charge on any atom is -0.506 e. The fourth-order valence-electron chi connectivity index (χ4n) is 1.92. The molecule has 0 saturated carbocycles. The molecule has 1 aromatic rings.